The van der Waals surface area contributed by atoms with Gasteiger partial charge in [-0.1, -0.05) is 18.2 Å². The van der Waals surface area contributed by atoms with Gasteiger partial charge < -0.3 is 9.47 Å². The van der Waals surface area contributed by atoms with Crippen LogP contribution in [0.2, 0.25) is 0 Å². The average molecular weight is 426 g/mol. The molecule has 2 aromatic carbocycles. The van der Waals surface area contributed by atoms with E-state index in [0.717, 1.165) is 41.7 Å². The molecule has 0 aromatic heterocycles. The lowest BCUT2D eigenvalue weighted by Crippen LogP contribution is -2.22. The second kappa shape index (κ2) is 8.82. The summed E-state index contributed by atoms with van der Waals surface area (Å²) in [4.78, 5) is 2.41. The summed E-state index contributed by atoms with van der Waals surface area (Å²) >= 11 is 3.48. The Morgan fingerprint density at radius 1 is 1.23 bits per heavy atom. The van der Waals surface area contributed by atoms with Crippen LogP contribution in [0.3, 0.4) is 0 Å². The van der Waals surface area contributed by atoms with Crippen molar-refractivity contribution in [3.05, 3.63) is 58.1 Å². The third kappa shape index (κ3) is 4.74. The van der Waals surface area contributed by atoms with E-state index in [4.69, 9.17) is 9.47 Å². The van der Waals surface area contributed by atoms with E-state index >= 15 is 0 Å². The van der Waals surface area contributed by atoms with Gasteiger partial charge in [0.05, 0.1) is 11.6 Å². The summed E-state index contributed by atoms with van der Waals surface area (Å²) in [6, 6.07) is 13.9. The molecule has 0 aliphatic carbocycles. The zero-order chi connectivity index (χ0) is 18.5. The van der Waals surface area contributed by atoms with Crippen LogP contribution < -0.4 is 9.47 Å². The summed E-state index contributed by atoms with van der Waals surface area (Å²) < 4.78 is 36.2. The molecule has 6 heteroatoms. The van der Waals surface area contributed by atoms with Crippen LogP contribution in [-0.4, -0.2) is 31.6 Å². The Morgan fingerprint density at radius 3 is 2.85 bits per heavy atom. The largest absolute Gasteiger partial charge is 0.496 e. The van der Waals surface area contributed by atoms with Crippen molar-refractivity contribution in [2.45, 2.75) is 31.9 Å². The Labute approximate surface area is 161 Å². The minimum absolute atomic E-state index is 0.264. The first-order valence-electron chi connectivity index (χ1n) is 8.64. The number of methoxy groups -OCH3 is 1. The normalized spacial score (nSPS) is 17.7. The van der Waals surface area contributed by atoms with Crippen molar-refractivity contribution in [1.82, 2.24) is 4.90 Å². The van der Waals surface area contributed by atoms with Crippen molar-refractivity contribution in [2.75, 3.05) is 20.3 Å². The molecule has 140 valence electrons. The molecule has 3 nitrogen and oxygen atoms in total. The van der Waals surface area contributed by atoms with Gasteiger partial charge in [0.2, 0.25) is 0 Å². The maximum atomic E-state index is 12.4. The molecule has 0 spiro atoms. The molecule has 1 atom stereocenters. The number of benzene rings is 2. The minimum atomic E-state index is -2.46. The van der Waals surface area contributed by atoms with Crippen molar-refractivity contribution < 1.29 is 18.3 Å². The summed E-state index contributed by atoms with van der Waals surface area (Å²) in [6.07, 6.45) is -0.305. The summed E-state index contributed by atoms with van der Waals surface area (Å²) in [7, 11) is 1.66. The lowest BCUT2D eigenvalue weighted by Gasteiger charge is -2.25. The number of alkyl halides is 2. The zero-order valence-electron chi connectivity index (χ0n) is 14.6. The topological polar surface area (TPSA) is 21.7 Å². The molecule has 0 N–H and O–H groups in total. The lowest BCUT2D eigenvalue weighted by atomic mass is 10.0. The summed E-state index contributed by atoms with van der Waals surface area (Å²) in [5, 5.41) is 0. The van der Waals surface area contributed by atoms with Crippen molar-refractivity contribution in [1.29, 1.82) is 0 Å². The van der Waals surface area contributed by atoms with E-state index in [1.807, 2.05) is 30.3 Å². The third-order valence-electron chi connectivity index (χ3n) is 4.58. The van der Waals surface area contributed by atoms with Crippen LogP contribution >= 0.6 is 15.9 Å². The Hall–Kier alpha value is -1.66. The van der Waals surface area contributed by atoms with E-state index in [0.29, 0.717) is 5.75 Å². The van der Waals surface area contributed by atoms with Crippen LogP contribution in [0, 0.1) is 0 Å². The van der Waals surface area contributed by atoms with Gasteiger partial charge in [0.1, 0.15) is 18.1 Å². The van der Waals surface area contributed by atoms with Crippen LogP contribution in [0.15, 0.2) is 46.9 Å². The Bertz CT molecular complexity index is 742. The van der Waals surface area contributed by atoms with Crippen LogP contribution in [0.5, 0.6) is 11.5 Å². The van der Waals surface area contributed by atoms with Gasteiger partial charge in [0.25, 0.3) is 6.43 Å². The highest BCUT2D eigenvalue weighted by molar-refractivity contribution is 9.10. The number of likely N-dealkylation sites (tertiary alicyclic amines) is 1. The van der Waals surface area contributed by atoms with E-state index in [9.17, 15) is 8.78 Å². The fourth-order valence-corrected chi connectivity index (χ4v) is 3.81. The van der Waals surface area contributed by atoms with Gasteiger partial charge in [-0.25, -0.2) is 8.78 Å². The zero-order valence-corrected chi connectivity index (χ0v) is 16.2. The first kappa shape index (κ1) is 19.1. The van der Waals surface area contributed by atoms with Crippen LogP contribution in [0.4, 0.5) is 8.78 Å². The van der Waals surface area contributed by atoms with Gasteiger partial charge in [-0.05, 0) is 70.7 Å². The molecule has 1 aliphatic rings. The molecule has 26 heavy (non-hydrogen) atoms. The van der Waals surface area contributed by atoms with E-state index in [1.54, 1.807) is 13.2 Å². The van der Waals surface area contributed by atoms with Gasteiger partial charge in [0.15, 0.2) is 0 Å². The first-order valence-corrected chi connectivity index (χ1v) is 9.43. The molecule has 0 saturated carbocycles. The van der Waals surface area contributed by atoms with Crippen molar-refractivity contribution >= 4 is 15.9 Å². The number of hydrogen-bond acceptors (Lipinski definition) is 3. The highest BCUT2D eigenvalue weighted by Crippen LogP contribution is 2.35. The van der Waals surface area contributed by atoms with E-state index in [2.05, 4.69) is 26.9 Å². The number of ether oxygens (including phenoxy) is 2. The molecular formula is C20H22BrF2NO2. The highest BCUT2D eigenvalue weighted by Gasteiger charge is 2.26. The van der Waals surface area contributed by atoms with Gasteiger partial charge in [-0.3, -0.25) is 4.90 Å². The third-order valence-corrected chi connectivity index (χ3v) is 5.24. The first-order chi connectivity index (χ1) is 12.6. The Kier molecular flexibility index (Phi) is 6.48. The fraction of sp³-hybridized carbons (Fsp3) is 0.400. The van der Waals surface area contributed by atoms with Crippen LogP contribution in [-0.2, 0) is 6.54 Å². The lowest BCUT2D eigenvalue weighted by molar-refractivity contribution is 0.0818. The van der Waals surface area contributed by atoms with Gasteiger partial charge in [-0.15, -0.1) is 0 Å². The van der Waals surface area contributed by atoms with E-state index in [1.165, 1.54) is 5.56 Å². The molecular weight excluding hydrogens is 404 g/mol. The van der Waals surface area contributed by atoms with Crippen molar-refractivity contribution in [3.63, 3.8) is 0 Å². The molecule has 0 radical (unpaired) electrons. The van der Waals surface area contributed by atoms with Crippen molar-refractivity contribution in [3.8, 4) is 11.5 Å². The van der Waals surface area contributed by atoms with E-state index < -0.39 is 13.0 Å². The Balaban J connectivity index is 1.73. The maximum absolute atomic E-state index is 12.4. The number of rotatable bonds is 7. The molecule has 3 rings (SSSR count). The molecule has 1 saturated heterocycles. The Morgan fingerprint density at radius 2 is 2.08 bits per heavy atom. The number of halogens is 3. The molecule has 1 unspecified atom stereocenters. The summed E-state index contributed by atoms with van der Waals surface area (Å²) in [5.41, 5.74) is 2.29. The predicted molar refractivity (Wildman–Crippen MR) is 101 cm³/mol. The average Bonchev–Trinajstić information content (AvgIpc) is 3.10. The second-order valence-electron chi connectivity index (χ2n) is 6.37. The van der Waals surface area contributed by atoms with Gasteiger partial charge in [-0.2, -0.15) is 0 Å². The smallest absolute Gasteiger partial charge is 0.272 e. The van der Waals surface area contributed by atoms with Gasteiger partial charge >= 0.3 is 0 Å². The molecule has 2 aromatic rings. The summed E-state index contributed by atoms with van der Waals surface area (Å²) in [5.74, 6) is 1.32. The number of hydrogen-bond donors (Lipinski definition) is 0. The van der Waals surface area contributed by atoms with Crippen molar-refractivity contribution in [2.24, 2.45) is 0 Å². The molecule has 1 fully saturated rings. The monoisotopic (exact) mass is 425 g/mol. The van der Waals surface area contributed by atoms with E-state index in [-0.39, 0.29) is 6.04 Å². The fourth-order valence-electron chi connectivity index (χ4n) is 3.40. The molecule has 0 bridgehead atoms. The molecule has 1 heterocycles. The highest BCUT2D eigenvalue weighted by atomic mass is 79.9. The minimum Gasteiger partial charge on any atom is -0.496 e. The SMILES string of the molecule is COc1cc(CN2CCCC2c2cccc(OCC(F)F)c2)ccc1Br. The standard InChI is InChI=1S/C20H22BrF2NO2/c1-25-19-10-14(7-8-17(19)21)12-24-9-3-6-18(24)15-4-2-5-16(11-15)26-13-20(22)23/h2,4-5,7-8,10-11,18,20H,3,6,9,12-13H2,1H3. The van der Waals surface area contributed by atoms with Gasteiger partial charge in [0, 0.05) is 12.6 Å². The predicted octanol–water partition coefficient (Wildman–Crippen LogP) is 5.44. The second-order valence-corrected chi connectivity index (χ2v) is 7.23. The molecule has 0 amide bonds. The summed E-state index contributed by atoms with van der Waals surface area (Å²) in [6.45, 7) is 1.25. The molecule has 1 aliphatic heterocycles. The maximum Gasteiger partial charge on any atom is 0.272 e. The number of nitrogens with zero attached hydrogens (tertiary/aromatic N) is 1. The van der Waals surface area contributed by atoms with Crippen LogP contribution in [0.25, 0.3) is 0 Å². The quantitative estimate of drug-likeness (QED) is 0.589. The van der Waals surface area contributed by atoms with Crippen LogP contribution in [0.1, 0.15) is 30.0 Å².